The van der Waals surface area contributed by atoms with Crippen molar-refractivity contribution in [2.45, 2.75) is 6.42 Å². The van der Waals surface area contributed by atoms with Crippen molar-refractivity contribution < 1.29 is 14.6 Å². The summed E-state index contributed by atoms with van der Waals surface area (Å²) in [5, 5.41) is 8.65. The minimum Gasteiger partial charge on any atom is -0.509 e. The predicted molar refractivity (Wildman–Crippen MR) is 46.7 cm³/mol. The van der Waals surface area contributed by atoms with Crippen molar-refractivity contribution in [2.75, 3.05) is 7.11 Å². The smallest absolute Gasteiger partial charge is 0.309 e. The van der Waals surface area contributed by atoms with Crippen LogP contribution in [-0.2, 0) is 9.53 Å². The summed E-state index contributed by atoms with van der Waals surface area (Å²) >= 11 is 0. The summed E-state index contributed by atoms with van der Waals surface area (Å²) in [6, 6.07) is 0. The maximum absolute atomic E-state index is 10.7. The summed E-state index contributed by atoms with van der Waals surface area (Å²) in [6.45, 7) is 6.81. The fourth-order valence-electron chi connectivity index (χ4n) is 0.531. The molecule has 0 heterocycles. The van der Waals surface area contributed by atoms with Crippen LogP contribution in [0.4, 0.5) is 0 Å². The molecule has 0 aromatic carbocycles. The van der Waals surface area contributed by atoms with Crippen LogP contribution in [0.1, 0.15) is 6.42 Å². The number of rotatable bonds is 4. The lowest BCUT2D eigenvalue weighted by Crippen LogP contribution is -1.99. The Balaban J connectivity index is 3.90. The first-order valence-corrected chi connectivity index (χ1v) is 3.37. The summed E-state index contributed by atoms with van der Waals surface area (Å²) in [5.41, 5.74) is 0.567. The molecule has 0 saturated carbocycles. The molecule has 1 N–H and O–H groups in total. The van der Waals surface area contributed by atoms with E-state index in [1.165, 1.54) is 19.3 Å². The number of hydrogen-bond acceptors (Lipinski definition) is 3. The second-order valence-electron chi connectivity index (χ2n) is 2.24. The topological polar surface area (TPSA) is 46.5 Å². The van der Waals surface area contributed by atoms with E-state index in [0.717, 1.165) is 0 Å². The summed E-state index contributed by atoms with van der Waals surface area (Å²) in [7, 11) is 1.31. The fraction of sp³-hybridized carbons (Fsp3) is 0.222. The Bertz CT molecular complexity index is 226. The van der Waals surface area contributed by atoms with Crippen molar-refractivity contribution in [1.29, 1.82) is 0 Å². The van der Waals surface area contributed by atoms with E-state index in [2.05, 4.69) is 17.9 Å². The summed E-state index contributed by atoms with van der Waals surface area (Å²) in [6.07, 6.45) is 3.00. The van der Waals surface area contributed by atoms with Crippen LogP contribution in [0.5, 0.6) is 0 Å². The van der Waals surface area contributed by atoms with E-state index in [-0.39, 0.29) is 18.1 Å². The Labute approximate surface area is 71.7 Å². The van der Waals surface area contributed by atoms with Crippen molar-refractivity contribution in [3.8, 4) is 0 Å². The first-order valence-electron chi connectivity index (χ1n) is 3.37. The molecule has 0 saturated heterocycles. The molecule has 0 aromatic rings. The highest BCUT2D eigenvalue weighted by molar-refractivity contribution is 5.72. The van der Waals surface area contributed by atoms with E-state index < -0.39 is 0 Å². The highest BCUT2D eigenvalue weighted by atomic mass is 16.5. The van der Waals surface area contributed by atoms with Crippen molar-refractivity contribution >= 4 is 5.97 Å². The molecule has 0 spiro atoms. The molecule has 0 atom stereocenters. The van der Waals surface area contributed by atoms with E-state index in [4.69, 9.17) is 5.11 Å². The minimum atomic E-state index is -0.354. The molecule has 0 unspecified atom stereocenters. The third-order valence-electron chi connectivity index (χ3n) is 1.11. The number of carbonyl (C=O) groups excluding carboxylic acids is 1. The highest BCUT2D eigenvalue weighted by Gasteiger charge is 1.99. The molecule has 0 aromatic heterocycles. The summed E-state index contributed by atoms with van der Waals surface area (Å²) in [5.74, 6) is -0.422. The van der Waals surface area contributed by atoms with Crippen molar-refractivity contribution in [3.63, 3.8) is 0 Å². The number of carbonyl (C=O) groups is 1. The number of ether oxygens (including phenoxy) is 1. The van der Waals surface area contributed by atoms with Gasteiger partial charge in [-0.3, -0.25) is 4.79 Å². The van der Waals surface area contributed by atoms with Crippen molar-refractivity contribution in [1.82, 2.24) is 0 Å². The molecule has 0 bridgehead atoms. The van der Waals surface area contributed by atoms with Gasteiger partial charge in [0, 0.05) is 0 Å². The van der Waals surface area contributed by atoms with Crippen LogP contribution in [0.25, 0.3) is 0 Å². The standard InChI is InChI=1S/C9H12O3/c1-7(4-5-8(2)10)6-9(11)12-3/h4-5,10H,1-2,6H2,3H3/b5-4-. The van der Waals surface area contributed by atoms with Crippen LogP contribution in [0.2, 0.25) is 0 Å². The Morgan fingerprint density at radius 2 is 2.08 bits per heavy atom. The third kappa shape index (κ3) is 5.29. The molecule has 66 valence electrons. The zero-order valence-corrected chi connectivity index (χ0v) is 7.04. The Hall–Kier alpha value is -1.51. The van der Waals surface area contributed by atoms with Crippen molar-refractivity contribution in [3.05, 3.63) is 36.6 Å². The SMILES string of the molecule is C=C(O)/C=C\C(=C)CC(=O)OC. The van der Waals surface area contributed by atoms with Gasteiger partial charge in [0.1, 0.15) is 5.76 Å². The van der Waals surface area contributed by atoms with Crippen LogP contribution in [0.15, 0.2) is 36.6 Å². The van der Waals surface area contributed by atoms with Gasteiger partial charge < -0.3 is 9.84 Å². The lowest BCUT2D eigenvalue weighted by molar-refractivity contribution is -0.139. The van der Waals surface area contributed by atoms with Crippen LogP contribution < -0.4 is 0 Å². The van der Waals surface area contributed by atoms with Gasteiger partial charge in [-0.15, -0.1) is 0 Å². The Morgan fingerprint density at radius 3 is 2.50 bits per heavy atom. The maximum Gasteiger partial charge on any atom is 0.309 e. The molecular weight excluding hydrogens is 156 g/mol. The van der Waals surface area contributed by atoms with Gasteiger partial charge in [-0.2, -0.15) is 0 Å². The van der Waals surface area contributed by atoms with Crippen LogP contribution >= 0.6 is 0 Å². The van der Waals surface area contributed by atoms with Gasteiger partial charge in [0.25, 0.3) is 0 Å². The lowest BCUT2D eigenvalue weighted by atomic mass is 10.2. The molecule has 0 aliphatic rings. The summed E-state index contributed by atoms with van der Waals surface area (Å²) in [4.78, 5) is 10.7. The molecule has 3 nitrogen and oxygen atoms in total. The van der Waals surface area contributed by atoms with E-state index in [0.29, 0.717) is 5.57 Å². The molecule has 0 aliphatic carbocycles. The second-order valence-corrected chi connectivity index (χ2v) is 2.24. The van der Waals surface area contributed by atoms with Crippen LogP contribution in [-0.4, -0.2) is 18.2 Å². The largest absolute Gasteiger partial charge is 0.509 e. The van der Waals surface area contributed by atoms with Gasteiger partial charge in [0.05, 0.1) is 13.5 Å². The molecule has 0 amide bonds. The van der Waals surface area contributed by atoms with Gasteiger partial charge in [-0.25, -0.2) is 0 Å². The van der Waals surface area contributed by atoms with Gasteiger partial charge in [-0.05, 0) is 11.6 Å². The molecule has 0 aliphatic heterocycles. The second kappa shape index (κ2) is 5.18. The number of aliphatic hydroxyl groups excluding tert-OH is 1. The minimum absolute atomic E-state index is 0.0685. The van der Waals surface area contributed by atoms with Gasteiger partial charge in [0.15, 0.2) is 0 Å². The summed E-state index contributed by atoms with van der Waals surface area (Å²) < 4.78 is 4.41. The number of hydrogen-bond donors (Lipinski definition) is 1. The molecular formula is C9H12O3. The van der Waals surface area contributed by atoms with Gasteiger partial charge in [0.2, 0.25) is 0 Å². The van der Waals surface area contributed by atoms with Gasteiger partial charge >= 0.3 is 5.97 Å². The number of aliphatic hydroxyl groups is 1. The monoisotopic (exact) mass is 168 g/mol. The quantitative estimate of drug-likeness (QED) is 0.395. The van der Waals surface area contributed by atoms with Crippen LogP contribution in [0.3, 0.4) is 0 Å². The van der Waals surface area contributed by atoms with Crippen molar-refractivity contribution in [2.24, 2.45) is 0 Å². The molecule has 0 radical (unpaired) electrons. The third-order valence-corrected chi connectivity index (χ3v) is 1.11. The average Bonchev–Trinajstić information content (AvgIpc) is 2.00. The zero-order chi connectivity index (χ0) is 9.56. The predicted octanol–water partition coefficient (Wildman–Crippen LogP) is 1.73. The average molecular weight is 168 g/mol. The normalized spacial score (nSPS) is 9.75. The molecule has 0 rings (SSSR count). The first kappa shape index (κ1) is 10.5. The number of methoxy groups -OCH3 is 1. The van der Waals surface area contributed by atoms with E-state index in [1.807, 2.05) is 0 Å². The maximum atomic E-state index is 10.7. The molecule has 0 fully saturated rings. The zero-order valence-electron chi connectivity index (χ0n) is 7.04. The Kier molecular flexibility index (Phi) is 4.53. The van der Waals surface area contributed by atoms with Crippen LogP contribution in [0, 0.1) is 0 Å². The first-order chi connectivity index (χ1) is 5.56. The molecule has 12 heavy (non-hydrogen) atoms. The van der Waals surface area contributed by atoms with Gasteiger partial charge in [-0.1, -0.05) is 19.2 Å². The van der Waals surface area contributed by atoms with E-state index >= 15 is 0 Å². The lowest BCUT2D eigenvalue weighted by Gasteiger charge is -1.97. The number of esters is 1. The van der Waals surface area contributed by atoms with E-state index in [9.17, 15) is 4.79 Å². The Morgan fingerprint density at radius 1 is 1.50 bits per heavy atom. The molecule has 3 heteroatoms. The van der Waals surface area contributed by atoms with E-state index in [1.54, 1.807) is 0 Å². The number of allylic oxidation sites excluding steroid dienone is 2. The fourth-order valence-corrected chi connectivity index (χ4v) is 0.531. The highest BCUT2D eigenvalue weighted by Crippen LogP contribution is 2.02.